The molecule has 0 spiro atoms. The summed E-state index contributed by atoms with van der Waals surface area (Å²) in [5.74, 6) is 1.35. The number of H-pyrrole nitrogens is 2. The first-order chi connectivity index (χ1) is 21.5. The van der Waals surface area contributed by atoms with Crippen molar-refractivity contribution >= 4 is 22.1 Å². The van der Waals surface area contributed by atoms with E-state index in [0.717, 1.165) is 40.6 Å². The van der Waals surface area contributed by atoms with E-state index in [1.54, 1.807) is 24.7 Å². The standard InChI is InChI=1S/C33H33FN8O2/c1-42(2)10-11-43-25-13-20(12-23(34)16-25)29-31-28(8-9-36-29)38-33(39-31)30-27-15-22(18-37-32(27)41-40-30)21-14-26(19-35-17-21)44-24-6-4-3-5-7-24/h8-9,12-19,24H,3-7,10-11H2,1-2H3,(H,38,39)(H,37,40,41). The quantitative estimate of drug-likeness (QED) is 0.198. The Bertz CT molecular complexity index is 1930. The fourth-order valence-corrected chi connectivity index (χ4v) is 5.65. The van der Waals surface area contributed by atoms with E-state index in [9.17, 15) is 4.39 Å². The van der Waals surface area contributed by atoms with Gasteiger partial charge in [0.25, 0.3) is 0 Å². The fourth-order valence-electron chi connectivity index (χ4n) is 5.65. The summed E-state index contributed by atoms with van der Waals surface area (Å²) in [5, 5.41) is 8.36. The van der Waals surface area contributed by atoms with Crippen molar-refractivity contribution in [2.45, 2.75) is 38.2 Å². The Morgan fingerprint density at radius 1 is 0.909 bits per heavy atom. The molecule has 6 aromatic rings. The molecule has 5 aromatic heterocycles. The minimum atomic E-state index is -0.406. The molecule has 5 heterocycles. The van der Waals surface area contributed by atoms with E-state index in [1.165, 1.54) is 31.4 Å². The molecule has 0 atom stereocenters. The van der Waals surface area contributed by atoms with Gasteiger partial charge in [-0.1, -0.05) is 6.42 Å². The number of aromatic nitrogens is 7. The van der Waals surface area contributed by atoms with E-state index in [2.05, 4.69) is 30.1 Å². The molecule has 1 aliphatic rings. The lowest BCUT2D eigenvalue weighted by atomic mass is 9.98. The Kier molecular flexibility index (Phi) is 7.61. The predicted octanol–water partition coefficient (Wildman–Crippen LogP) is 6.42. The van der Waals surface area contributed by atoms with Gasteiger partial charge in [0, 0.05) is 47.9 Å². The van der Waals surface area contributed by atoms with Crippen LogP contribution in [0.4, 0.5) is 4.39 Å². The molecule has 0 unspecified atom stereocenters. The molecule has 0 aliphatic heterocycles. The van der Waals surface area contributed by atoms with Crippen LogP contribution in [0.15, 0.2) is 61.2 Å². The van der Waals surface area contributed by atoms with Crippen molar-refractivity contribution in [1.82, 2.24) is 40.0 Å². The number of imidazole rings is 1. The van der Waals surface area contributed by atoms with Crippen molar-refractivity contribution in [3.05, 3.63) is 67.0 Å². The first kappa shape index (κ1) is 27.9. The van der Waals surface area contributed by atoms with Gasteiger partial charge in [0.05, 0.1) is 28.9 Å². The number of nitrogens with one attached hydrogen (secondary N) is 2. The highest BCUT2D eigenvalue weighted by atomic mass is 19.1. The molecule has 0 amide bonds. The number of ether oxygens (including phenoxy) is 2. The minimum absolute atomic E-state index is 0.240. The molecule has 2 N–H and O–H groups in total. The zero-order chi connectivity index (χ0) is 30.0. The van der Waals surface area contributed by atoms with E-state index < -0.39 is 5.82 Å². The first-order valence-electron chi connectivity index (χ1n) is 14.9. The molecule has 1 aliphatic carbocycles. The van der Waals surface area contributed by atoms with E-state index in [0.29, 0.717) is 52.8 Å². The van der Waals surface area contributed by atoms with Crippen molar-refractivity contribution in [2.75, 3.05) is 27.2 Å². The van der Waals surface area contributed by atoms with Crippen LogP contribution in [0.3, 0.4) is 0 Å². The predicted molar refractivity (Wildman–Crippen MR) is 167 cm³/mol. The maximum atomic E-state index is 14.6. The second kappa shape index (κ2) is 12.0. The number of hydrogen-bond acceptors (Lipinski definition) is 8. The highest BCUT2D eigenvalue weighted by Gasteiger charge is 2.19. The summed E-state index contributed by atoms with van der Waals surface area (Å²) in [4.78, 5) is 23.9. The molecule has 10 nitrogen and oxygen atoms in total. The summed E-state index contributed by atoms with van der Waals surface area (Å²) in [6, 6.07) is 10.5. The lowest BCUT2D eigenvalue weighted by Gasteiger charge is -2.23. The van der Waals surface area contributed by atoms with Gasteiger partial charge >= 0.3 is 0 Å². The molecular weight excluding hydrogens is 559 g/mol. The van der Waals surface area contributed by atoms with Crippen LogP contribution < -0.4 is 9.47 Å². The molecule has 1 fully saturated rings. The lowest BCUT2D eigenvalue weighted by Crippen LogP contribution is -2.19. The van der Waals surface area contributed by atoms with Gasteiger partial charge in [-0.05, 0) is 70.1 Å². The Labute approximate surface area is 253 Å². The van der Waals surface area contributed by atoms with Crippen LogP contribution in [0.1, 0.15) is 32.1 Å². The van der Waals surface area contributed by atoms with Gasteiger partial charge in [-0.15, -0.1) is 0 Å². The molecule has 44 heavy (non-hydrogen) atoms. The zero-order valence-corrected chi connectivity index (χ0v) is 24.7. The number of fused-ring (bicyclic) bond motifs is 2. The maximum Gasteiger partial charge on any atom is 0.159 e. The molecule has 7 rings (SSSR count). The molecule has 0 bridgehead atoms. The Balaban J connectivity index is 1.21. The van der Waals surface area contributed by atoms with Crippen molar-refractivity contribution in [3.63, 3.8) is 0 Å². The Hall–Kier alpha value is -4.90. The molecule has 1 aromatic carbocycles. The Morgan fingerprint density at radius 3 is 2.61 bits per heavy atom. The van der Waals surface area contributed by atoms with E-state index in [-0.39, 0.29) is 6.10 Å². The van der Waals surface area contributed by atoms with Gasteiger partial charge in [-0.25, -0.2) is 14.4 Å². The topological polar surface area (TPSA) is 118 Å². The van der Waals surface area contributed by atoms with Gasteiger partial charge < -0.3 is 19.4 Å². The van der Waals surface area contributed by atoms with Crippen molar-refractivity contribution in [2.24, 2.45) is 0 Å². The smallest absolute Gasteiger partial charge is 0.159 e. The largest absolute Gasteiger partial charge is 0.492 e. The van der Waals surface area contributed by atoms with Crippen LogP contribution in [0.5, 0.6) is 11.5 Å². The summed E-state index contributed by atoms with van der Waals surface area (Å²) in [6.07, 6.45) is 13.1. The molecule has 1 saturated carbocycles. The highest BCUT2D eigenvalue weighted by Crippen LogP contribution is 2.34. The molecule has 224 valence electrons. The molecule has 0 radical (unpaired) electrons. The van der Waals surface area contributed by atoms with Gasteiger partial charge in [0.1, 0.15) is 35.1 Å². The van der Waals surface area contributed by atoms with Crippen LogP contribution in [-0.4, -0.2) is 73.4 Å². The third-order valence-corrected chi connectivity index (χ3v) is 7.90. The van der Waals surface area contributed by atoms with Crippen molar-refractivity contribution < 1.29 is 13.9 Å². The summed E-state index contributed by atoms with van der Waals surface area (Å²) in [5.41, 5.74) is 5.52. The van der Waals surface area contributed by atoms with Crippen molar-refractivity contribution in [3.8, 4) is 45.4 Å². The molecule has 11 heteroatoms. The summed E-state index contributed by atoms with van der Waals surface area (Å²) in [6.45, 7) is 1.16. The third-order valence-electron chi connectivity index (χ3n) is 7.90. The number of likely N-dealkylation sites (N-methyl/N-ethyl adjacent to an activating group) is 1. The molecular formula is C33H33FN8O2. The molecule has 0 saturated heterocycles. The summed E-state index contributed by atoms with van der Waals surface area (Å²) in [7, 11) is 3.92. The minimum Gasteiger partial charge on any atom is -0.492 e. The van der Waals surface area contributed by atoms with E-state index in [4.69, 9.17) is 14.5 Å². The van der Waals surface area contributed by atoms with Crippen LogP contribution in [0.25, 0.3) is 56.0 Å². The number of benzene rings is 1. The summed E-state index contributed by atoms with van der Waals surface area (Å²) >= 11 is 0. The fraction of sp³-hybridized carbons (Fsp3) is 0.303. The average Bonchev–Trinajstić information content (AvgIpc) is 3.65. The monoisotopic (exact) mass is 592 g/mol. The van der Waals surface area contributed by atoms with Crippen molar-refractivity contribution in [1.29, 1.82) is 0 Å². The maximum absolute atomic E-state index is 14.6. The number of rotatable bonds is 9. The first-order valence-corrected chi connectivity index (χ1v) is 14.9. The van der Waals surface area contributed by atoms with Crippen LogP contribution in [0.2, 0.25) is 0 Å². The van der Waals surface area contributed by atoms with Crippen LogP contribution in [0, 0.1) is 5.82 Å². The van der Waals surface area contributed by atoms with Gasteiger partial charge in [-0.2, -0.15) is 5.10 Å². The van der Waals surface area contributed by atoms with Crippen LogP contribution in [-0.2, 0) is 0 Å². The number of halogens is 1. The average molecular weight is 593 g/mol. The second-order valence-corrected chi connectivity index (χ2v) is 11.4. The van der Waals surface area contributed by atoms with Crippen LogP contribution >= 0.6 is 0 Å². The van der Waals surface area contributed by atoms with Gasteiger partial charge in [-0.3, -0.25) is 15.1 Å². The number of pyridine rings is 3. The number of hydrogen-bond donors (Lipinski definition) is 2. The van der Waals surface area contributed by atoms with E-state index >= 15 is 0 Å². The van der Waals surface area contributed by atoms with E-state index in [1.807, 2.05) is 43.4 Å². The Morgan fingerprint density at radius 2 is 1.75 bits per heavy atom. The SMILES string of the molecule is CN(C)CCOc1cc(F)cc(-c2nccc3[nH]c(-c4n[nH]c5ncc(-c6cncc(OC7CCCCC7)c6)cc45)nc23)c1. The number of aromatic amines is 2. The van der Waals surface area contributed by atoms with Gasteiger partial charge in [0.2, 0.25) is 0 Å². The summed E-state index contributed by atoms with van der Waals surface area (Å²) < 4.78 is 26.7. The highest BCUT2D eigenvalue weighted by molar-refractivity contribution is 5.96. The lowest BCUT2D eigenvalue weighted by molar-refractivity contribution is 0.154. The number of nitrogens with zero attached hydrogens (tertiary/aromatic N) is 6. The second-order valence-electron chi connectivity index (χ2n) is 11.4. The van der Waals surface area contributed by atoms with Gasteiger partial charge in [0.15, 0.2) is 11.5 Å². The zero-order valence-electron chi connectivity index (χ0n) is 24.7. The normalized spacial score (nSPS) is 14.1. The third kappa shape index (κ3) is 5.83.